The number of hydrogen-bond acceptors (Lipinski definition) is 3. The minimum absolute atomic E-state index is 0.110. The maximum absolute atomic E-state index is 13.0. The van der Waals surface area contributed by atoms with Crippen LogP contribution >= 0.6 is 31.9 Å². The first-order valence-corrected chi connectivity index (χ1v) is 14.8. The third-order valence-electron chi connectivity index (χ3n) is 6.58. The minimum atomic E-state index is -5.13. The summed E-state index contributed by atoms with van der Waals surface area (Å²) in [4.78, 5) is -1.08. The summed E-state index contributed by atoms with van der Waals surface area (Å²) in [5.74, 6) is 0. The number of sulfonamides is 1. The standard InChI is InChI=1S/C17H12BrF6NO2S.C9H10BrN/c18-12-2-3-14-9(5-12)1-4-15(14)25-28(26,27)13-7-10(16(19,20)21)6-11(8-13)17(22,23)24;10-7-2-3-8-6(5-7)1-4-9(8)11/h2-3,5-8,15,25H,1,4H2;2-3,5,9H,1,4,11H2. The first kappa shape index (κ1) is 30.0. The molecule has 3 aromatic carbocycles. The van der Waals surface area contributed by atoms with E-state index in [1.807, 2.05) is 0 Å². The average Bonchev–Trinajstić information content (AvgIpc) is 3.40. The third kappa shape index (κ3) is 7.05. The van der Waals surface area contributed by atoms with Crippen LogP contribution in [-0.2, 0) is 35.2 Å². The molecule has 39 heavy (non-hydrogen) atoms. The van der Waals surface area contributed by atoms with Crippen molar-refractivity contribution in [3.63, 3.8) is 0 Å². The second-order valence-corrected chi connectivity index (χ2v) is 12.8. The van der Waals surface area contributed by atoms with Crippen LogP contribution in [-0.4, -0.2) is 8.42 Å². The fourth-order valence-corrected chi connectivity index (χ4v) is 6.80. The third-order valence-corrected chi connectivity index (χ3v) is 9.02. The van der Waals surface area contributed by atoms with Crippen molar-refractivity contribution in [3.05, 3.63) is 96.9 Å². The summed E-state index contributed by atoms with van der Waals surface area (Å²) in [5, 5.41) is 0. The van der Waals surface area contributed by atoms with E-state index in [9.17, 15) is 34.8 Å². The van der Waals surface area contributed by atoms with Crippen molar-refractivity contribution in [2.24, 2.45) is 5.73 Å². The lowest BCUT2D eigenvalue weighted by Gasteiger charge is -2.17. The van der Waals surface area contributed by atoms with Gasteiger partial charge in [0.25, 0.3) is 0 Å². The van der Waals surface area contributed by atoms with E-state index in [1.54, 1.807) is 18.2 Å². The Labute approximate surface area is 238 Å². The number of nitrogens with two attached hydrogens (primary N) is 1. The molecule has 0 spiro atoms. The molecule has 0 radical (unpaired) electrons. The van der Waals surface area contributed by atoms with E-state index in [4.69, 9.17) is 5.73 Å². The predicted molar refractivity (Wildman–Crippen MR) is 141 cm³/mol. The van der Waals surface area contributed by atoms with Gasteiger partial charge in [-0.2, -0.15) is 26.3 Å². The fraction of sp³-hybridized carbons (Fsp3) is 0.308. The molecule has 0 aromatic heterocycles. The van der Waals surface area contributed by atoms with Crippen molar-refractivity contribution < 1.29 is 34.8 Å². The predicted octanol–water partition coefficient (Wildman–Crippen LogP) is 7.85. The Kier molecular flexibility index (Phi) is 8.59. The molecule has 2 atom stereocenters. The van der Waals surface area contributed by atoms with Gasteiger partial charge in [-0.25, -0.2) is 13.1 Å². The molecule has 2 unspecified atom stereocenters. The number of hydrogen-bond donors (Lipinski definition) is 2. The molecule has 0 heterocycles. The highest BCUT2D eigenvalue weighted by atomic mass is 79.9. The lowest BCUT2D eigenvalue weighted by atomic mass is 10.1. The summed E-state index contributed by atoms with van der Waals surface area (Å²) < 4.78 is 107. The first-order chi connectivity index (χ1) is 18.0. The largest absolute Gasteiger partial charge is 0.416 e. The van der Waals surface area contributed by atoms with Crippen LogP contribution in [0.15, 0.2) is 68.4 Å². The zero-order valence-corrected chi connectivity index (χ0v) is 24.0. The topological polar surface area (TPSA) is 72.2 Å². The summed E-state index contributed by atoms with van der Waals surface area (Å²) in [5.41, 5.74) is 6.74. The summed E-state index contributed by atoms with van der Waals surface area (Å²) in [6, 6.07) is 11.3. The number of halogens is 8. The molecule has 0 fully saturated rings. The number of nitrogens with one attached hydrogen (secondary N) is 1. The van der Waals surface area contributed by atoms with Gasteiger partial charge in [-0.1, -0.05) is 44.0 Å². The molecule has 0 saturated carbocycles. The van der Waals surface area contributed by atoms with E-state index in [0.717, 1.165) is 27.4 Å². The van der Waals surface area contributed by atoms with Gasteiger partial charge in [0.2, 0.25) is 10.0 Å². The Hall–Kier alpha value is -1.93. The normalized spacial score (nSPS) is 18.8. The second-order valence-electron chi connectivity index (χ2n) is 9.29. The summed E-state index contributed by atoms with van der Waals surface area (Å²) >= 11 is 6.73. The maximum Gasteiger partial charge on any atom is 0.416 e. The molecule has 5 rings (SSSR count). The number of alkyl halides is 6. The molecule has 2 aliphatic rings. The molecule has 0 amide bonds. The Morgan fingerprint density at radius 1 is 0.744 bits per heavy atom. The van der Waals surface area contributed by atoms with Gasteiger partial charge in [-0.05, 0) is 90.4 Å². The molecule has 0 saturated heterocycles. The van der Waals surface area contributed by atoms with Crippen LogP contribution in [0.2, 0.25) is 0 Å². The Morgan fingerprint density at radius 3 is 1.77 bits per heavy atom. The number of rotatable bonds is 3. The van der Waals surface area contributed by atoms with Crippen molar-refractivity contribution in [1.82, 2.24) is 4.72 Å². The van der Waals surface area contributed by atoms with Crippen LogP contribution in [0.3, 0.4) is 0 Å². The maximum atomic E-state index is 13.0. The summed E-state index contributed by atoms with van der Waals surface area (Å²) in [6.45, 7) is 0. The van der Waals surface area contributed by atoms with E-state index < -0.39 is 44.4 Å². The van der Waals surface area contributed by atoms with Crippen molar-refractivity contribution in [2.45, 2.75) is 55.0 Å². The molecular formula is C26H22Br2F6N2O2S. The molecule has 3 aromatic rings. The molecule has 4 nitrogen and oxygen atoms in total. The summed E-state index contributed by atoms with van der Waals surface area (Å²) in [7, 11) is -4.62. The van der Waals surface area contributed by atoms with Gasteiger partial charge in [0, 0.05) is 21.0 Å². The second kappa shape index (κ2) is 11.2. The van der Waals surface area contributed by atoms with Crippen molar-refractivity contribution >= 4 is 41.9 Å². The van der Waals surface area contributed by atoms with Crippen LogP contribution in [0, 0.1) is 0 Å². The van der Waals surface area contributed by atoms with Gasteiger partial charge in [0.05, 0.1) is 16.0 Å². The van der Waals surface area contributed by atoms with Gasteiger partial charge in [0.1, 0.15) is 0 Å². The number of fused-ring (bicyclic) bond motifs is 2. The Morgan fingerprint density at radius 2 is 1.23 bits per heavy atom. The van der Waals surface area contributed by atoms with Crippen LogP contribution in [0.25, 0.3) is 0 Å². The van der Waals surface area contributed by atoms with Crippen molar-refractivity contribution in [3.8, 4) is 0 Å². The quantitative estimate of drug-likeness (QED) is 0.274. The van der Waals surface area contributed by atoms with Crippen LogP contribution in [0.4, 0.5) is 26.3 Å². The van der Waals surface area contributed by atoms with Gasteiger partial charge >= 0.3 is 12.4 Å². The van der Waals surface area contributed by atoms with Crippen LogP contribution in [0.5, 0.6) is 0 Å². The van der Waals surface area contributed by atoms with E-state index in [1.165, 1.54) is 11.1 Å². The highest BCUT2D eigenvalue weighted by Gasteiger charge is 2.39. The van der Waals surface area contributed by atoms with Crippen molar-refractivity contribution in [1.29, 1.82) is 0 Å². The lowest BCUT2D eigenvalue weighted by molar-refractivity contribution is -0.143. The Balaban J connectivity index is 0.000000265. The molecule has 0 bridgehead atoms. The lowest BCUT2D eigenvalue weighted by Crippen LogP contribution is -2.28. The highest BCUT2D eigenvalue weighted by Crippen LogP contribution is 2.39. The van der Waals surface area contributed by atoms with Gasteiger partial charge in [0.15, 0.2) is 0 Å². The minimum Gasteiger partial charge on any atom is -0.324 e. The monoisotopic (exact) mass is 698 g/mol. The molecule has 3 N–H and O–H groups in total. The Bertz CT molecular complexity index is 1460. The van der Waals surface area contributed by atoms with Gasteiger partial charge in [-0.3, -0.25) is 0 Å². The molecule has 210 valence electrons. The first-order valence-electron chi connectivity index (χ1n) is 11.7. The summed E-state index contributed by atoms with van der Waals surface area (Å²) in [6.07, 6.45) is -7.15. The zero-order chi connectivity index (χ0) is 28.8. The average molecular weight is 700 g/mol. The van der Waals surface area contributed by atoms with Crippen LogP contribution < -0.4 is 10.5 Å². The molecule has 13 heteroatoms. The van der Waals surface area contributed by atoms with Gasteiger partial charge < -0.3 is 5.73 Å². The molecule has 2 aliphatic carbocycles. The zero-order valence-electron chi connectivity index (χ0n) is 20.0. The van der Waals surface area contributed by atoms with E-state index >= 15 is 0 Å². The van der Waals surface area contributed by atoms with Crippen LogP contribution in [0.1, 0.15) is 58.3 Å². The highest BCUT2D eigenvalue weighted by molar-refractivity contribution is 9.10. The fourth-order valence-electron chi connectivity index (χ4n) is 4.66. The van der Waals surface area contributed by atoms with Crippen molar-refractivity contribution in [2.75, 3.05) is 0 Å². The van der Waals surface area contributed by atoms with E-state index in [2.05, 4.69) is 54.8 Å². The molecule has 0 aliphatic heterocycles. The SMILES string of the molecule is NC1CCc2cc(Br)ccc21.O=S(=O)(NC1CCc2cc(Br)ccc21)c1cc(C(F)(F)F)cc(C(F)(F)F)c1. The number of aryl methyl sites for hydroxylation is 2. The van der Waals surface area contributed by atoms with E-state index in [-0.39, 0.29) is 24.2 Å². The van der Waals surface area contributed by atoms with Gasteiger partial charge in [-0.15, -0.1) is 0 Å². The van der Waals surface area contributed by atoms with E-state index in [0.29, 0.717) is 18.4 Å². The number of benzene rings is 3. The molecular weight excluding hydrogens is 678 g/mol. The smallest absolute Gasteiger partial charge is 0.324 e.